The molecule has 1 fully saturated rings. The summed E-state index contributed by atoms with van der Waals surface area (Å²) < 4.78 is 8.28. The number of aryl methyl sites for hydroxylation is 2. The van der Waals surface area contributed by atoms with E-state index in [1.807, 2.05) is 30.6 Å². The van der Waals surface area contributed by atoms with Gasteiger partial charge in [-0.25, -0.2) is 4.98 Å². The minimum absolute atomic E-state index is 0.0187. The minimum Gasteiger partial charge on any atom is -0.369 e. The van der Waals surface area contributed by atoms with Crippen LogP contribution in [0.1, 0.15) is 28.5 Å². The van der Waals surface area contributed by atoms with Gasteiger partial charge in [-0.2, -0.15) is 0 Å². The molecular weight excluding hydrogens is 372 g/mol. The van der Waals surface area contributed by atoms with Crippen molar-refractivity contribution in [3.63, 3.8) is 0 Å². The van der Waals surface area contributed by atoms with Gasteiger partial charge in [0.15, 0.2) is 0 Å². The Morgan fingerprint density at radius 2 is 1.83 bits per heavy atom. The first-order valence-corrected chi connectivity index (χ1v) is 10.5. The van der Waals surface area contributed by atoms with E-state index in [1.54, 1.807) is 0 Å². The van der Waals surface area contributed by atoms with Crippen LogP contribution in [0.4, 0.5) is 0 Å². The van der Waals surface area contributed by atoms with Crippen molar-refractivity contribution in [2.75, 3.05) is 19.7 Å². The lowest BCUT2D eigenvalue weighted by atomic mass is 10.1. The maximum absolute atomic E-state index is 6.13. The van der Waals surface area contributed by atoms with E-state index in [2.05, 4.69) is 64.7 Å². The van der Waals surface area contributed by atoms with E-state index >= 15 is 0 Å². The van der Waals surface area contributed by atoms with Gasteiger partial charge in [-0.3, -0.25) is 14.3 Å². The fraction of sp³-hybridized carbons (Fsp3) is 0.280. The molecule has 1 unspecified atom stereocenters. The summed E-state index contributed by atoms with van der Waals surface area (Å²) in [6.07, 6.45) is 5.74. The lowest BCUT2D eigenvalue weighted by molar-refractivity contribution is -0.0347. The van der Waals surface area contributed by atoms with Crippen LogP contribution in [-0.4, -0.2) is 39.0 Å². The molecule has 0 bridgehead atoms. The van der Waals surface area contributed by atoms with Gasteiger partial charge in [-0.15, -0.1) is 0 Å². The fourth-order valence-electron chi connectivity index (χ4n) is 4.39. The first kappa shape index (κ1) is 19.0. The smallest absolute Gasteiger partial charge is 0.137 e. The van der Waals surface area contributed by atoms with Crippen molar-refractivity contribution >= 4 is 5.65 Å². The van der Waals surface area contributed by atoms with E-state index in [1.165, 1.54) is 16.7 Å². The molecule has 0 saturated carbocycles. The van der Waals surface area contributed by atoms with Crippen molar-refractivity contribution in [2.45, 2.75) is 26.5 Å². The number of nitrogens with zero attached hydrogens (tertiary/aromatic N) is 4. The van der Waals surface area contributed by atoms with Gasteiger partial charge in [0.1, 0.15) is 11.8 Å². The van der Waals surface area contributed by atoms with E-state index in [-0.39, 0.29) is 6.10 Å². The topological polar surface area (TPSA) is 42.7 Å². The standard InChI is InChI=1S/C25H26N4O/c1-18-12-19(2)14-20(13-18)15-28-10-11-30-24(17-28)22-16-29-23(4-3-5-25(29)27-22)21-6-8-26-9-7-21/h3-9,12-14,16,24H,10-11,15,17H2,1-2H3. The molecule has 0 spiro atoms. The van der Waals surface area contributed by atoms with Crippen LogP contribution < -0.4 is 0 Å². The maximum atomic E-state index is 6.13. The molecule has 1 aliphatic rings. The number of imidazole rings is 1. The van der Waals surface area contributed by atoms with E-state index in [4.69, 9.17) is 9.72 Å². The predicted molar refractivity (Wildman–Crippen MR) is 118 cm³/mol. The molecular formula is C25H26N4O. The van der Waals surface area contributed by atoms with Crippen molar-refractivity contribution in [3.05, 3.63) is 89.5 Å². The molecule has 1 atom stereocenters. The largest absolute Gasteiger partial charge is 0.369 e. The normalized spacial score (nSPS) is 17.5. The van der Waals surface area contributed by atoms with Gasteiger partial charge in [0.2, 0.25) is 0 Å². The van der Waals surface area contributed by atoms with Crippen LogP contribution in [0, 0.1) is 13.8 Å². The van der Waals surface area contributed by atoms with Crippen molar-refractivity contribution in [3.8, 4) is 11.3 Å². The van der Waals surface area contributed by atoms with E-state index in [0.717, 1.165) is 48.8 Å². The number of hydrogen-bond donors (Lipinski definition) is 0. The van der Waals surface area contributed by atoms with E-state index in [9.17, 15) is 0 Å². The third-order valence-corrected chi connectivity index (χ3v) is 5.65. The monoisotopic (exact) mass is 398 g/mol. The molecule has 152 valence electrons. The van der Waals surface area contributed by atoms with Gasteiger partial charge >= 0.3 is 0 Å². The van der Waals surface area contributed by atoms with Gasteiger partial charge in [-0.1, -0.05) is 35.4 Å². The van der Waals surface area contributed by atoms with Gasteiger partial charge in [0, 0.05) is 43.8 Å². The zero-order valence-electron chi connectivity index (χ0n) is 17.5. The molecule has 0 N–H and O–H groups in total. The van der Waals surface area contributed by atoms with Crippen LogP contribution in [0.15, 0.2) is 67.1 Å². The quantitative estimate of drug-likeness (QED) is 0.504. The van der Waals surface area contributed by atoms with Crippen LogP contribution in [0.3, 0.4) is 0 Å². The van der Waals surface area contributed by atoms with Crippen molar-refractivity contribution in [2.24, 2.45) is 0 Å². The molecule has 3 aromatic heterocycles. The first-order chi connectivity index (χ1) is 14.7. The third-order valence-electron chi connectivity index (χ3n) is 5.65. The van der Waals surface area contributed by atoms with Crippen molar-refractivity contribution < 1.29 is 4.74 Å². The molecule has 4 heterocycles. The van der Waals surface area contributed by atoms with Gasteiger partial charge in [0.05, 0.1) is 18.0 Å². The van der Waals surface area contributed by atoms with Gasteiger partial charge in [-0.05, 0) is 43.7 Å². The Hall–Kier alpha value is -3.02. The van der Waals surface area contributed by atoms with Crippen LogP contribution >= 0.6 is 0 Å². The predicted octanol–water partition coefficient (Wildman–Crippen LogP) is 4.59. The summed E-state index contributed by atoms with van der Waals surface area (Å²) in [5.41, 5.74) is 8.16. The Morgan fingerprint density at radius 1 is 1.03 bits per heavy atom. The highest BCUT2D eigenvalue weighted by atomic mass is 16.5. The Labute approximate surface area is 177 Å². The highest BCUT2D eigenvalue weighted by Gasteiger charge is 2.24. The van der Waals surface area contributed by atoms with Crippen LogP contribution in [0.2, 0.25) is 0 Å². The molecule has 1 aliphatic heterocycles. The minimum atomic E-state index is -0.0187. The highest BCUT2D eigenvalue weighted by molar-refractivity contribution is 5.63. The van der Waals surface area contributed by atoms with Crippen LogP contribution in [-0.2, 0) is 11.3 Å². The molecule has 30 heavy (non-hydrogen) atoms. The summed E-state index contributed by atoms with van der Waals surface area (Å²) >= 11 is 0. The van der Waals surface area contributed by atoms with Crippen molar-refractivity contribution in [1.82, 2.24) is 19.3 Å². The number of pyridine rings is 2. The number of ether oxygens (including phenoxy) is 1. The van der Waals surface area contributed by atoms with Crippen molar-refractivity contribution in [1.29, 1.82) is 0 Å². The maximum Gasteiger partial charge on any atom is 0.137 e. The molecule has 0 radical (unpaired) electrons. The summed E-state index contributed by atoms with van der Waals surface area (Å²) in [7, 11) is 0. The zero-order valence-corrected chi connectivity index (χ0v) is 17.5. The molecule has 5 nitrogen and oxygen atoms in total. The number of morpholine rings is 1. The van der Waals surface area contributed by atoms with Crippen LogP contribution in [0.5, 0.6) is 0 Å². The molecule has 5 rings (SSSR count). The Morgan fingerprint density at radius 3 is 2.63 bits per heavy atom. The average Bonchev–Trinajstić information content (AvgIpc) is 3.18. The summed E-state index contributed by atoms with van der Waals surface area (Å²) in [5, 5.41) is 0. The van der Waals surface area contributed by atoms with Crippen LogP contribution in [0.25, 0.3) is 16.9 Å². The Kier molecular flexibility index (Phi) is 5.07. The van der Waals surface area contributed by atoms with Gasteiger partial charge < -0.3 is 4.74 Å². The summed E-state index contributed by atoms with van der Waals surface area (Å²) in [6, 6.07) is 17.0. The Balaban J connectivity index is 1.40. The third kappa shape index (κ3) is 3.86. The highest BCUT2D eigenvalue weighted by Crippen LogP contribution is 2.26. The molecule has 1 aromatic carbocycles. The van der Waals surface area contributed by atoms with Gasteiger partial charge in [0.25, 0.3) is 0 Å². The first-order valence-electron chi connectivity index (χ1n) is 10.5. The molecule has 0 aliphatic carbocycles. The summed E-state index contributed by atoms with van der Waals surface area (Å²) in [5.74, 6) is 0. The summed E-state index contributed by atoms with van der Waals surface area (Å²) in [4.78, 5) is 11.5. The number of aromatic nitrogens is 3. The SMILES string of the molecule is Cc1cc(C)cc(CN2CCOC(c3cn4c(-c5ccncc5)cccc4n3)C2)c1. The fourth-order valence-corrected chi connectivity index (χ4v) is 4.39. The molecule has 1 saturated heterocycles. The second-order valence-electron chi connectivity index (χ2n) is 8.13. The lowest BCUT2D eigenvalue weighted by Crippen LogP contribution is -2.38. The number of benzene rings is 1. The molecule has 4 aromatic rings. The molecule has 0 amide bonds. The summed E-state index contributed by atoms with van der Waals surface area (Å²) in [6.45, 7) is 7.78. The lowest BCUT2D eigenvalue weighted by Gasteiger charge is -2.32. The zero-order chi connectivity index (χ0) is 20.5. The van der Waals surface area contributed by atoms with E-state index in [0.29, 0.717) is 0 Å². The second-order valence-corrected chi connectivity index (χ2v) is 8.13. The Bertz CT molecular complexity index is 1150. The molecule has 5 heteroatoms. The number of fused-ring (bicyclic) bond motifs is 1. The number of hydrogen-bond acceptors (Lipinski definition) is 4. The van der Waals surface area contributed by atoms with E-state index < -0.39 is 0 Å². The number of rotatable bonds is 4. The average molecular weight is 399 g/mol. The second kappa shape index (κ2) is 8.01.